The monoisotopic (exact) mass is 352 g/mol. The second-order valence-electron chi connectivity index (χ2n) is 6.12. The van der Waals surface area contributed by atoms with Crippen LogP contribution in [0.5, 0.6) is 0 Å². The topological polar surface area (TPSA) is 58.6 Å². The van der Waals surface area contributed by atoms with E-state index in [0.29, 0.717) is 18.1 Å². The van der Waals surface area contributed by atoms with Crippen molar-refractivity contribution >= 4 is 23.6 Å². The molecule has 2 rings (SSSR count). The maximum atomic E-state index is 12.6. The SMILES string of the molecule is COC(=O)CCN(Cc1ccccc1Cl)C(=O)NC1CCCCC1. The number of hydrogen-bond donors (Lipinski definition) is 1. The van der Waals surface area contributed by atoms with Gasteiger partial charge in [0, 0.05) is 24.2 Å². The maximum absolute atomic E-state index is 12.6. The number of benzene rings is 1. The minimum atomic E-state index is -0.329. The molecule has 0 aliphatic heterocycles. The number of ether oxygens (including phenoxy) is 1. The molecule has 1 saturated carbocycles. The van der Waals surface area contributed by atoms with Crippen molar-refractivity contribution in [3.63, 3.8) is 0 Å². The number of rotatable bonds is 6. The average molecular weight is 353 g/mol. The Morgan fingerprint density at radius 3 is 2.62 bits per heavy atom. The van der Waals surface area contributed by atoms with E-state index in [1.807, 2.05) is 18.2 Å². The first-order valence-corrected chi connectivity index (χ1v) is 8.83. The standard InChI is InChI=1S/C18H25ClN2O3/c1-24-17(22)11-12-21(13-14-7-5-6-10-16(14)19)18(23)20-15-8-3-2-4-9-15/h5-7,10,15H,2-4,8-9,11-13H2,1H3,(H,20,23). The Balaban J connectivity index is 2.01. The molecular weight excluding hydrogens is 328 g/mol. The normalized spacial score (nSPS) is 14.9. The lowest BCUT2D eigenvalue weighted by atomic mass is 9.96. The van der Waals surface area contributed by atoms with Crippen LogP contribution in [0.2, 0.25) is 5.02 Å². The van der Waals surface area contributed by atoms with Crippen LogP contribution in [0, 0.1) is 0 Å². The van der Waals surface area contributed by atoms with Crippen molar-refractivity contribution in [1.82, 2.24) is 10.2 Å². The van der Waals surface area contributed by atoms with Crippen molar-refractivity contribution in [3.8, 4) is 0 Å². The summed E-state index contributed by atoms with van der Waals surface area (Å²) in [5, 5.41) is 3.71. The first-order valence-electron chi connectivity index (χ1n) is 8.46. The third-order valence-electron chi connectivity index (χ3n) is 4.35. The van der Waals surface area contributed by atoms with Gasteiger partial charge in [-0.15, -0.1) is 0 Å². The zero-order valence-corrected chi connectivity index (χ0v) is 14.8. The van der Waals surface area contributed by atoms with Crippen LogP contribution in [0.25, 0.3) is 0 Å². The molecule has 5 nitrogen and oxygen atoms in total. The number of nitrogens with zero attached hydrogens (tertiary/aromatic N) is 1. The second-order valence-corrected chi connectivity index (χ2v) is 6.53. The van der Waals surface area contributed by atoms with E-state index in [1.54, 1.807) is 11.0 Å². The molecule has 1 aliphatic carbocycles. The molecule has 0 radical (unpaired) electrons. The summed E-state index contributed by atoms with van der Waals surface area (Å²) in [6.07, 6.45) is 5.73. The molecule has 0 aromatic heterocycles. The number of amides is 2. The first-order chi connectivity index (χ1) is 11.6. The molecule has 24 heavy (non-hydrogen) atoms. The highest BCUT2D eigenvalue weighted by molar-refractivity contribution is 6.31. The van der Waals surface area contributed by atoms with Gasteiger partial charge in [-0.05, 0) is 24.5 Å². The fourth-order valence-electron chi connectivity index (χ4n) is 2.93. The van der Waals surface area contributed by atoms with Crippen LogP contribution in [0.3, 0.4) is 0 Å². The van der Waals surface area contributed by atoms with Gasteiger partial charge < -0.3 is 15.0 Å². The Hall–Kier alpha value is -1.75. The molecule has 6 heteroatoms. The van der Waals surface area contributed by atoms with Gasteiger partial charge in [0.25, 0.3) is 0 Å². The van der Waals surface area contributed by atoms with Gasteiger partial charge in [0.15, 0.2) is 0 Å². The Kier molecular flexibility index (Phi) is 7.37. The van der Waals surface area contributed by atoms with Crippen molar-refractivity contribution in [3.05, 3.63) is 34.9 Å². The van der Waals surface area contributed by atoms with Crippen molar-refractivity contribution in [2.24, 2.45) is 0 Å². The number of carbonyl (C=O) groups is 2. The molecule has 1 aliphatic rings. The molecule has 0 saturated heterocycles. The highest BCUT2D eigenvalue weighted by Gasteiger charge is 2.21. The van der Waals surface area contributed by atoms with E-state index in [4.69, 9.17) is 11.6 Å². The van der Waals surface area contributed by atoms with E-state index in [-0.39, 0.29) is 24.5 Å². The third-order valence-corrected chi connectivity index (χ3v) is 4.72. The molecule has 1 aromatic rings. The van der Waals surface area contributed by atoms with Gasteiger partial charge >= 0.3 is 12.0 Å². The number of esters is 1. The predicted octanol–water partition coefficient (Wildman–Crippen LogP) is 3.75. The van der Waals surface area contributed by atoms with Crippen molar-refractivity contribution in [2.45, 2.75) is 51.1 Å². The summed E-state index contributed by atoms with van der Waals surface area (Å²) in [7, 11) is 1.35. The molecular formula is C18H25ClN2O3. The van der Waals surface area contributed by atoms with Crippen LogP contribution in [0.4, 0.5) is 4.79 Å². The quantitative estimate of drug-likeness (QED) is 0.793. The van der Waals surface area contributed by atoms with Crippen LogP contribution >= 0.6 is 11.6 Å². The number of urea groups is 1. The summed E-state index contributed by atoms with van der Waals surface area (Å²) in [4.78, 5) is 25.7. The van der Waals surface area contributed by atoms with Gasteiger partial charge in [-0.3, -0.25) is 4.79 Å². The van der Waals surface area contributed by atoms with Crippen LogP contribution in [0.1, 0.15) is 44.1 Å². The summed E-state index contributed by atoms with van der Waals surface area (Å²) >= 11 is 6.20. The highest BCUT2D eigenvalue weighted by atomic mass is 35.5. The van der Waals surface area contributed by atoms with Crippen molar-refractivity contribution in [2.75, 3.05) is 13.7 Å². The predicted molar refractivity (Wildman–Crippen MR) is 93.9 cm³/mol. The lowest BCUT2D eigenvalue weighted by Gasteiger charge is -2.28. The number of halogens is 1. The van der Waals surface area contributed by atoms with Gasteiger partial charge in [0.05, 0.1) is 13.5 Å². The lowest BCUT2D eigenvalue weighted by Crippen LogP contribution is -2.45. The fourth-order valence-corrected chi connectivity index (χ4v) is 3.12. The van der Waals surface area contributed by atoms with E-state index >= 15 is 0 Å². The largest absolute Gasteiger partial charge is 0.469 e. The van der Waals surface area contributed by atoms with E-state index in [0.717, 1.165) is 31.2 Å². The summed E-state index contributed by atoms with van der Waals surface area (Å²) in [5.74, 6) is -0.329. The van der Waals surface area contributed by atoms with Gasteiger partial charge in [-0.1, -0.05) is 49.1 Å². The van der Waals surface area contributed by atoms with Gasteiger partial charge in [0.2, 0.25) is 0 Å². The zero-order chi connectivity index (χ0) is 17.4. The fraction of sp³-hybridized carbons (Fsp3) is 0.556. The molecule has 0 unspecified atom stereocenters. The number of hydrogen-bond acceptors (Lipinski definition) is 3. The van der Waals surface area contributed by atoms with Gasteiger partial charge in [-0.2, -0.15) is 0 Å². The smallest absolute Gasteiger partial charge is 0.317 e. The van der Waals surface area contributed by atoms with E-state index < -0.39 is 0 Å². The van der Waals surface area contributed by atoms with Crippen molar-refractivity contribution < 1.29 is 14.3 Å². The number of methoxy groups -OCH3 is 1. The average Bonchev–Trinajstić information content (AvgIpc) is 2.60. The lowest BCUT2D eigenvalue weighted by molar-refractivity contribution is -0.140. The minimum Gasteiger partial charge on any atom is -0.469 e. The Labute approximate surface area is 148 Å². The van der Waals surface area contributed by atoms with E-state index in [1.165, 1.54) is 13.5 Å². The Morgan fingerprint density at radius 1 is 1.25 bits per heavy atom. The minimum absolute atomic E-state index is 0.147. The van der Waals surface area contributed by atoms with Crippen LogP contribution < -0.4 is 5.32 Å². The molecule has 1 N–H and O–H groups in total. The van der Waals surface area contributed by atoms with Gasteiger partial charge in [0.1, 0.15) is 0 Å². The summed E-state index contributed by atoms with van der Waals surface area (Å²) < 4.78 is 4.68. The Bertz CT molecular complexity index is 559. The zero-order valence-electron chi connectivity index (χ0n) is 14.1. The molecule has 0 atom stereocenters. The van der Waals surface area contributed by atoms with Gasteiger partial charge in [-0.25, -0.2) is 4.79 Å². The number of carbonyl (C=O) groups excluding carboxylic acids is 2. The number of nitrogens with one attached hydrogen (secondary N) is 1. The summed E-state index contributed by atoms with van der Waals surface area (Å²) in [5.41, 5.74) is 0.864. The molecule has 0 bridgehead atoms. The van der Waals surface area contributed by atoms with Crippen LogP contribution in [-0.4, -0.2) is 36.6 Å². The first kappa shape index (κ1) is 18.6. The third kappa shape index (κ3) is 5.71. The molecule has 132 valence electrons. The maximum Gasteiger partial charge on any atom is 0.317 e. The Morgan fingerprint density at radius 2 is 1.96 bits per heavy atom. The molecule has 2 amide bonds. The summed E-state index contributed by atoms with van der Waals surface area (Å²) in [6.45, 7) is 0.672. The second kappa shape index (κ2) is 9.52. The molecule has 0 spiro atoms. The van der Waals surface area contributed by atoms with Crippen LogP contribution in [-0.2, 0) is 16.1 Å². The van der Waals surface area contributed by atoms with Crippen molar-refractivity contribution in [1.29, 1.82) is 0 Å². The molecule has 1 aromatic carbocycles. The van der Waals surface area contributed by atoms with E-state index in [9.17, 15) is 9.59 Å². The van der Waals surface area contributed by atoms with Crippen LogP contribution in [0.15, 0.2) is 24.3 Å². The van der Waals surface area contributed by atoms with E-state index in [2.05, 4.69) is 10.1 Å². The summed E-state index contributed by atoms with van der Waals surface area (Å²) in [6, 6.07) is 7.50. The highest BCUT2D eigenvalue weighted by Crippen LogP contribution is 2.20. The molecule has 1 fully saturated rings. The molecule has 0 heterocycles.